The fourth-order valence-electron chi connectivity index (χ4n) is 2.94. The van der Waals surface area contributed by atoms with Gasteiger partial charge in [0.15, 0.2) is 5.17 Å². The topological polar surface area (TPSA) is 67.4 Å². The van der Waals surface area contributed by atoms with Gasteiger partial charge in [-0.1, -0.05) is 40.2 Å². The maximum absolute atomic E-state index is 13.1. The molecule has 0 bridgehead atoms. The van der Waals surface area contributed by atoms with E-state index in [1.54, 1.807) is 30.6 Å². The van der Waals surface area contributed by atoms with Crippen molar-refractivity contribution in [3.63, 3.8) is 0 Å². The smallest absolute Gasteiger partial charge is 0.267 e. The Labute approximate surface area is 192 Å². The van der Waals surface area contributed by atoms with Crippen LogP contribution in [0, 0.1) is 0 Å². The number of ether oxygens (including phenoxy) is 1. The van der Waals surface area contributed by atoms with E-state index in [1.165, 1.54) is 11.8 Å². The summed E-state index contributed by atoms with van der Waals surface area (Å²) in [5.74, 6) is 1.22. The first-order valence-corrected chi connectivity index (χ1v) is 11.0. The summed E-state index contributed by atoms with van der Waals surface area (Å²) in [6.45, 7) is 0.275. The number of benzene rings is 2. The second-order valence-corrected chi connectivity index (χ2v) is 8.43. The van der Waals surface area contributed by atoms with Crippen molar-refractivity contribution in [3.05, 3.63) is 93.2 Å². The molecule has 6 nitrogen and oxygen atoms in total. The number of nitrogens with zero attached hydrogens (tertiary/aromatic N) is 3. The van der Waals surface area contributed by atoms with Crippen LogP contribution in [0.25, 0.3) is 6.08 Å². The summed E-state index contributed by atoms with van der Waals surface area (Å²) in [5, 5.41) is 9.01. The van der Waals surface area contributed by atoms with Gasteiger partial charge in [-0.05, 0) is 59.8 Å². The second-order valence-electron chi connectivity index (χ2n) is 6.51. The molecule has 0 aliphatic carbocycles. The van der Waals surface area contributed by atoms with E-state index in [0.29, 0.717) is 21.6 Å². The summed E-state index contributed by atoms with van der Waals surface area (Å²) in [4.78, 5) is 15.2. The van der Waals surface area contributed by atoms with Crippen LogP contribution in [-0.4, -0.2) is 29.3 Å². The number of amidine groups is 1. The Bertz CT molecular complexity index is 1170. The maximum atomic E-state index is 13.1. The number of furan rings is 1. The van der Waals surface area contributed by atoms with Crippen LogP contribution in [0.15, 0.2) is 90.9 Å². The third kappa shape index (κ3) is 5.15. The molecule has 1 aliphatic heterocycles. The van der Waals surface area contributed by atoms with E-state index >= 15 is 0 Å². The maximum Gasteiger partial charge on any atom is 0.267 e. The lowest BCUT2D eigenvalue weighted by atomic mass is 10.2. The highest BCUT2D eigenvalue weighted by Crippen LogP contribution is 2.34. The molecule has 0 radical (unpaired) electrons. The number of amides is 1. The predicted molar refractivity (Wildman–Crippen MR) is 127 cm³/mol. The minimum absolute atomic E-state index is 0.146. The zero-order valence-corrected chi connectivity index (χ0v) is 19.0. The average molecular weight is 496 g/mol. The van der Waals surface area contributed by atoms with Crippen molar-refractivity contribution in [2.45, 2.75) is 6.54 Å². The summed E-state index contributed by atoms with van der Waals surface area (Å²) >= 11 is 4.74. The molecule has 1 aliphatic rings. The van der Waals surface area contributed by atoms with Gasteiger partial charge in [-0.15, -0.1) is 5.10 Å². The summed E-state index contributed by atoms with van der Waals surface area (Å²) < 4.78 is 11.7. The number of methoxy groups -OCH3 is 1. The van der Waals surface area contributed by atoms with Crippen molar-refractivity contribution in [2.75, 3.05) is 7.11 Å². The van der Waals surface area contributed by atoms with Gasteiger partial charge in [-0.2, -0.15) is 5.10 Å². The van der Waals surface area contributed by atoms with Crippen LogP contribution in [0.2, 0.25) is 0 Å². The lowest BCUT2D eigenvalue weighted by Crippen LogP contribution is -2.28. The zero-order valence-electron chi connectivity index (χ0n) is 16.6. The molecular weight excluding hydrogens is 478 g/mol. The van der Waals surface area contributed by atoms with Gasteiger partial charge in [0, 0.05) is 10.0 Å². The molecular formula is C23H18BrN3O3S. The summed E-state index contributed by atoms with van der Waals surface area (Å²) in [7, 11) is 1.61. The minimum atomic E-state index is -0.146. The Hall–Kier alpha value is -3.10. The van der Waals surface area contributed by atoms with E-state index in [9.17, 15) is 4.79 Å². The molecule has 8 heteroatoms. The van der Waals surface area contributed by atoms with Crippen LogP contribution in [0.3, 0.4) is 0 Å². The number of hydrogen-bond acceptors (Lipinski definition) is 6. The molecule has 31 heavy (non-hydrogen) atoms. The lowest BCUT2D eigenvalue weighted by Gasteiger charge is -2.12. The van der Waals surface area contributed by atoms with Gasteiger partial charge in [0.1, 0.15) is 11.5 Å². The normalized spacial score (nSPS) is 16.7. The first-order chi connectivity index (χ1) is 15.1. The Morgan fingerprint density at radius 3 is 2.81 bits per heavy atom. The standard InChI is InChI=1S/C23H18BrN3O3S/c1-29-20-10-3-2-7-17(20)14-25-26-23-27(15-19-9-5-11-30-19)22(28)21(31-23)13-16-6-4-8-18(24)12-16/h2-14H,15H2,1H3/b21-13-,25-14-,26-23+. The van der Waals surface area contributed by atoms with Gasteiger partial charge in [-0.25, -0.2) is 0 Å². The second kappa shape index (κ2) is 9.80. The van der Waals surface area contributed by atoms with Gasteiger partial charge >= 0.3 is 0 Å². The van der Waals surface area contributed by atoms with Crippen molar-refractivity contribution >= 4 is 51.1 Å². The predicted octanol–water partition coefficient (Wildman–Crippen LogP) is 5.56. The summed E-state index contributed by atoms with van der Waals surface area (Å²) in [6.07, 6.45) is 5.04. The third-order valence-corrected chi connectivity index (χ3v) is 5.90. The minimum Gasteiger partial charge on any atom is -0.496 e. The molecule has 3 aromatic rings. The highest BCUT2D eigenvalue weighted by molar-refractivity contribution is 9.10. The Morgan fingerprint density at radius 2 is 2.03 bits per heavy atom. The number of hydrogen-bond donors (Lipinski definition) is 0. The molecule has 1 aromatic heterocycles. The Kier molecular flexibility index (Phi) is 6.69. The quantitative estimate of drug-likeness (QED) is 0.255. The van der Waals surface area contributed by atoms with Crippen LogP contribution in [-0.2, 0) is 11.3 Å². The molecule has 2 aromatic carbocycles. The number of rotatable bonds is 6. The number of halogens is 1. The van der Waals surface area contributed by atoms with Gasteiger partial charge in [0.2, 0.25) is 0 Å². The summed E-state index contributed by atoms with van der Waals surface area (Å²) in [5.41, 5.74) is 1.72. The van der Waals surface area contributed by atoms with Gasteiger partial charge in [0.25, 0.3) is 5.91 Å². The molecule has 2 heterocycles. The monoisotopic (exact) mass is 495 g/mol. The van der Waals surface area contributed by atoms with Crippen molar-refractivity contribution in [1.29, 1.82) is 0 Å². The van der Waals surface area contributed by atoms with E-state index < -0.39 is 0 Å². The fourth-order valence-corrected chi connectivity index (χ4v) is 4.29. The average Bonchev–Trinajstić information content (AvgIpc) is 3.38. The molecule has 156 valence electrons. The number of thioether (sulfide) groups is 1. The summed E-state index contributed by atoms with van der Waals surface area (Å²) in [6, 6.07) is 18.9. The van der Waals surface area contributed by atoms with Crippen molar-refractivity contribution < 1.29 is 13.9 Å². The van der Waals surface area contributed by atoms with Crippen LogP contribution in [0.5, 0.6) is 5.75 Å². The third-order valence-electron chi connectivity index (χ3n) is 4.41. The lowest BCUT2D eigenvalue weighted by molar-refractivity contribution is -0.122. The van der Waals surface area contributed by atoms with E-state index in [2.05, 4.69) is 26.1 Å². The molecule has 0 atom stereocenters. The molecule has 0 spiro atoms. The molecule has 1 saturated heterocycles. The molecule has 4 rings (SSSR count). The molecule has 0 unspecified atom stereocenters. The molecule has 0 N–H and O–H groups in total. The van der Waals surface area contributed by atoms with E-state index in [1.807, 2.05) is 60.7 Å². The van der Waals surface area contributed by atoms with Crippen molar-refractivity contribution in [1.82, 2.24) is 4.90 Å². The largest absolute Gasteiger partial charge is 0.496 e. The van der Waals surface area contributed by atoms with Crippen LogP contribution < -0.4 is 4.74 Å². The zero-order chi connectivity index (χ0) is 21.6. The van der Waals surface area contributed by atoms with Crippen LogP contribution >= 0.6 is 27.7 Å². The number of carbonyl (C=O) groups is 1. The first-order valence-electron chi connectivity index (χ1n) is 9.37. The number of carbonyl (C=O) groups excluding carboxylic acids is 1. The first kappa shape index (κ1) is 21.1. The van der Waals surface area contributed by atoms with Crippen molar-refractivity contribution in [2.24, 2.45) is 10.2 Å². The molecule has 0 saturated carbocycles. The highest BCUT2D eigenvalue weighted by atomic mass is 79.9. The Morgan fingerprint density at radius 1 is 1.16 bits per heavy atom. The SMILES string of the molecule is COc1ccccc1/C=N\N=C1\S/C(=C\c2cccc(Br)c2)C(=O)N1Cc1ccco1. The van der Waals surface area contributed by atoms with E-state index in [-0.39, 0.29) is 12.5 Å². The van der Waals surface area contributed by atoms with Crippen LogP contribution in [0.1, 0.15) is 16.9 Å². The molecule has 1 fully saturated rings. The number of para-hydroxylation sites is 1. The fraction of sp³-hybridized carbons (Fsp3) is 0.0870. The van der Waals surface area contributed by atoms with Crippen LogP contribution in [0.4, 0.5) is 0 Å². The van der Waals surface area contributed by atoms with Gasteiger partial charge in [-0.3, -0.25) is 9.69 Å². The van der Waals surface area contributed by atoms with E-state index in [4.69, 9.17) is 9.15 Å². The Balaban J connectivity index is 1.63. The van der Waals surface area contributed by atoms with Gasteiger partial charge < -0.3 is 9.15 Å². The highest BCUT2D eigenvalue weighted by Gasteiger charge is 2.34. The van der Waals surface area contributed by atoms with Gasteiger partial charge in [0.05, 0.1) is 31.0 Å². The van der Waals surface area contributed by atoms with E-state index in [0.717, 1.165) is 15.6 Å². The van der Waals surface area contributed by atoms with Crippen molar-refractivity contribution in [3.8, 4) is 5.75 Å². The molecule has 1 amide bonds.